The van der Waals surface area contributed by atoms with Crippen molar-refractivity contribution in [1.29, 1.82) is 0 Å². The summed E-state index contributed by atoms with van der Waals surface area (Å²) < 4.78 is 1.11. The van der Waals surface area contributed by atoms with Crippen LogP contribution in [-0.4, -0.2) is 24.1 Å². The van der Waals surface area contributed by atoms with Gasteiger partial charge in [-0.15, -0.1) is 0 Å². The highest BCUT2D eigenvalue weighted by Crippen LogP contribution is 2.31. The van der Waals surface area contributed by atoms with E-state index < -0.39 is 0 Å². The Bertz CT molecular complexity index is 379. The first-order valence-electron chi connectivity index (χ1n) is 5.71. The molecule has 1 fully saturated rings. The lowest BCUT2D eigenvalue weighted by atomic mass is 10.0. The van der Waals surface area contributed by atoms with Crippen LogP contribution >= 0.6 is 15.9 Å². The van der Waals surface area contributed by atoms with Crippen LogP contribution in [0.1, 0.15) is 18.9 Å². The largest absolute Gasteiger partial charge is 0.355 e. The molecule has 2 heterocycles. The summed E-state index contributed by atoms with van der Waals surface area (Å²) in [5.74, 6) is 1.65. The molecule has 1 aromatic heterocycles. The van der Waals surface area contributed by atoms with Crippen LogP contribution in [0.4, 0.5) is 5.82 Å². The van der Waals surface area contributed by atoms with Crippen LogP contribution in [-0.2, 0) is 0 Å². The highest BCUT2D eigenvalue weighted by Gasteiger charge is 2.27. The molecule has 2 N–H and O–H groups in total. The molecule has 0 saturated carbocycles. The number of hydrogen-bond acceptors (Lipinski definition) is 3. The molecule has 2 unspecified atom stereocenters. The fourth-order valence-corrected chi connectivity index (χ4v) is 2.64. The van der Waals surface area contributed by atoms with Crippen LogP contribution in [0.15, 0.2) is 16.7 Å². The third-order valence-corrected chi connectivity index (χ3v) is 4.31. The maximum Gasteiger partial charge on any atom is 0.143 e. The molecule has 4 heteroatoms. The normalized spacial score (nSPS) is 22.5. The Morgan fingerprint density at radius 1 is 1.62 bits per heavy atom. The van der Waals surface area contributed by atoms with Gasteiger partial charge in [0.05, 0.1) is 4.47 Å². The summed E-state index contributed by atoms with van der Waals surface area (Å²) in [6.45, 7) is 6.26. The highest BCUT2D eigenvalue weighted by molar-refractivity contribution is 9.10. The van der Waals surface area contributed by atoms with Gasteiger partial charge in [-0.25, -0.2) is 4.98 Å². The highest BCUT2D eigenvalue weighted by atomic mass is 79.9. The van der Waals surface area contributed by atoms with E-state index in [1.165, 1.54) is 12.0 Å². The van der Waals surface area contributed by atoms with Crippen molar-refractivity contribution in [1.82, 2.24) is 4.98 Å². The molecule has 0 aromatic carbocycles. The zero-order valence-electron chi connectivity index (χ0n) is 9.78. The zero-order chi connectivity index (χ0) is 11.7. The Balaban J connectivity index is 2.17. The molecule has 0 amide bonds. The zero-order valence-corrected chi connectivity index (χ0v) is 11.4. The van der Waals surface area contributed by atoms with Crippen LogP contribution in [0.25, 0.3) is 0 Å². The van der Waals surface area contributed by atoms with Crippen molar-refractivity contribution in [3.63, 3.8) is 0 Å². The topological polar surface area (TPSA) is 42.2 Å². The van der Waals surface area contributed by atoms with Gasteiger partial charge in [0.1, 0.15) is 5.82 Å². The average molecular weight is 284 g/mol. The molecule has 3 nitrogen and oxygen atoms in total. The van der Waals surface area contributed by atoms with Crippen LogP contribution in [0.5, 0.6) is 0 Å². The number of nitrogens with zero attached hydrogens (tertiary/aromatic N) is 2. The van der Waals surface area contributed by atoms with Gasteiger partial charge < -0.3 is 10.6 Å². The van der Waals surface area contributed by atoms with Gasteiger partial charge in [-0.1, -0.05) is 0 Å². The summed E-state index contributed by atoms with van der Waals surface area (Å²) in [4.78, 5) is 6.78. The molecule has 1 aromatic rings. The monoisotopic (exact) mass is 283 g/mol. The van der Waals surface area contributed by atoms with Gasteiger partial charge in [-0.05, 0) is 53.7 Å². The minimum Gasteiger partial charge on any atom is -0.355 e. The summed E-state index contributed by atoms with van der Waals surface area (Å²) in [6.07, 6.45) is 3.04. The average Bonchev–Trinajstić information content (AvgIpc) is 2.71. The molecular formula is C12H18BrN3. The third-order valence-electron chi connectivity index (χ3n) is 3.33. The lowest BCUT2D eigenvalue weighted by Gasteiger charge is -2.20. The van der Waals surface area contributed by atoms with E-state index in [-0.39, 0.29) is 6.04 Å². The Morgan fingerprint density at radius 2 is 2.38 bits per heavy atom. The molecule has 16 heavy (non-hydrogen) atoms. The molecule has 2 atom stereocenters. The molecular weight excluding hydrogens is 266 g/mol. The van der Waals surface area contributed by atoms with E-state index in [0.29, 0.717) is 5.92 Å². The molecule has 1 saturated heterocycles. The summed E-state index contributed by atoms with van der Waals surface area (Å²) in [7, 11) is 0. The van der Waals surface area contributed by atoms with Gasteiger partial charge in [-0.3, -0.25) is 0 Å². The maximum atomic E-state index is 5.95. The van der Waals surface area contributed by atoms with Gasteiger partial charge in [0.25, 0.3) is 0 Å². The van der Waals surface area contributed by atoms with Crippen LogP contribution in [0, 0.1) is 12.8 Å². The molecule has 0 aliphatic carbocycles. The minimum atomic E-state index is 0.272. The van der Waals surface area contributed by atoms with Crippen LogP contribution < -0.4 is 10.6 Å². The van der Waals surface area contributed by atoms with Gasteiger partial charge in [0.2, 0.25) is 0 Å². The van der Waals surface area contributed by atoms with E-state index >= 15 is 0 Å². The number of hydrogen-bond donors (Lipinski definition) is 1. The predicted molar refractivity (Wildman–Crippen MR) is 70.6 cm³/mol. The summed E-state index contributed by atoms with van der Waals surface area (Å²) in [6, 6.07) is 2.29. The minimum absolute atomic E-state index is 0.272. The van der Waals surface area contributed by atoms with Crippen molar-refractivity contribution in [2.75, 3.05) is 18.0 Å². The summed E-state index contributed by atoms with van der Waals surface area (Å²) in [5.41, 5.74) is 7.18. The number of aromatic nitrogens is 1. The van der Waals surface area contributed by atoms with E-state index in [4.69, 9.17) is 5.73 Å². The van der Waals surface area contributed by atoms with E-state index in [1.54, 1.807) is 0 Å². The molecule has 0 spiro atoms. The van der Waals surface area contributed by atoms with Crippen molar-refractivity contribution in [2.45, 2.75) is 26.3 Å². The summed E-state index contributed by atoms with van der Waals surface area (Å²) >= 11 is 3.61. The standard InChI is InChI=1S/C12H18BrN3/c1-8-3-5-15-12(11(8)13)16-6-4-10(7-16)9(2)14/h3,5,9-10H,4,6-7,14H2,1-2H3. The number of rotatable bonds is 2. The molecule has 0 radical (unpaired) electrons. The molecule has 88 valence electrons. The van der Waals surface area contributed by atoms with Gasteiger partial charge >= 0.3 is 0 Å². The molecule has 0 bridgehead atoms. The quantitative estimate of drug-likeness (QED) is 0.906. The van der Waals surface area contributed by atoms with Crippen molar-refractivity contribution < 1.29 is 0 Å². The van der Waals surface area contributed by atoms with Crippen LogP contribution in [0.2, 0.25) is 0 Å². The lowest BCUT2D eigenvalue weighted by molar-refractivity contribution is 0.488. The summed E-state index contributed by atoms with van der Waals surface area (Å²) in [5, 5.41) is 0. The van der Waals surface area contributed by atoms with Gasteiger partial charge in [-0.2, -0.15) is 0 Å². The number of nitrogens with two attached hydrogens (primary N) is 1. The smallest absolute Gasteiger partial charge is 0.143 e. The first-order valence-corrected chi connectivity index (χ1v) is 6.50. The SMILES string of the molecule is Cc1ccnc(N2CCC(C(C)N)C2)c1Br. The first-order chi connectivity index (χ1) is 7.59. The van der Waals surface area contributed by atoms with Crippen molar-refractivity contribution >= 4 is 21.7 Å². The number of pyridine rings is 1. The number of halogens is 1. The number of aryl methyl sites for hydroxylation is 1. The van der Waals surface area contributed by atoms with Crippen molar-refractivity contribution in [2.24, 2.45) is 11.7 Å². The van der Waals surface area contributed by atoms with Crippen molar-refractivity contribution in [3.8, 4) is 0 Å². The Hall–Kier alpha value is -0.610. The maximum absolute atomic E-state index is 5.95. The van der Waals surface area contributed by atoms with Crippen molar-refractivity contribution in [3.05, 3.63) is 22.3 Å². The number of anilines is 1. The molecule has 2 rings (SSSR count). The van der Waals surface area contributed by atoms with Gasteiger partial charge in [0.15, 0.2) is 0 Å². The second-order valence-electron chi connectivity index (χ2n) is 4.62. The Kier molecular flexibility index (Phi) is 3.50. The Morgan fingerprint density at radius 3 is 3.00 bits per heavy atom. The van der Waals surface area contributed by atoms with E-state index in [2.05, 4.69) is 39.7 Å². The first kappa shape index (κ1) is 11.9. The van der Waals surface area contributed by atoms with E-state index in [9.17, 15) is 0 Å². The van der Waals surface area contributed by atoms with E-state index in [1.807, 2.05) is 12.3 Å². The Labute approximate surface area is 105 Å². The second-order valence-corrected chi connectivity index (χ2v) is 5.41. The van der Waals surface area contributed by atoms with Gasteiger partial charge in [0, 0.05) is 25.3 Å². The molecule has 1 aliphatic heterocycles. The fraction of sp³-hybridized carbons (Fsp3) is 0.583. The third kappa shape index (κ3) is 2.23. The van der Waals surface area contributed by atoms with E-state index in [0.717, 1.165) is 23.4 Å². The molecule has 1 aliphatic rings. The predicted octanol–water partition coefficient (Wildman–Crippen LogP) is 2.33. The lowest BCUT2D eigenvalue weighted by Crippen LogP contribution is -2.30. The van der Waals surface area contributed by atoms with Crippen LogP contribution in [0.3, 0.4) is 0 Å². The second kappa shape index (κ2) is 4.72. The fourth-order valence-electron chi connectivity index (χ4n) is 2.16.